The van der Waals surface area contributed by atoms with Gasteiger partial charge in [0.1, 0.15) is 6.54 Å². The first-order chi connectivity index (χ1) is 12.3. The zero-order valence-electron chi connectivity index (χ0n) is 15.4. The normalized spacial score (nSPS) is 19.5. The fourth-order valence-electron chi connectivity index (χ4n) is 3.31. The van der Waals surface area contributed by atoms with E-state index < -0.39 is 0 Å². The predicted octanol–water partition coefficient (Wildman–Crippen LogP) is 2.64. The highest BCUT2D eigenvalue weighted by molar-refractivity contribution is 14.0. The number of halogens is 1. The second kappa shape index (κ2) is 11.0. The molecule has 2 heterocycles. The van der Waals surface area contributed by atoms with E-state index in [2.05, 4.69) is 33.8 Å². The van der Waals surface area contributed by atoms with E-state index in [1.807, 2.05) is 29.7 Å². The van der Waals surface area contributed by atoms with Gasteiger partial charge in [-0.1, -0.05) is 24.3 Å². The molecule has 1 saturated heterocycles. The van der Waals surface area contributed by atoms with Gasteiger partial charge in [-0.3, -0.25) is 4.79 Å². The molecule has 1 aromatic rings. The number of guanidine groups is 1. The van der Waals surface area contributed by atoms with Crippen LogP contribution in [-0.2, 0) is 17.8 Å². The van der Waals surface area contributed by atoms with Crippen LogP contribution in [-0.4, -0.2) is 53.9 Å². The van der Waals surface area contributed by atoms with Crippen molar-refractivity contribution in [1.82, 2.24) is 15.5 Å². The molecule has 3 rings (SSSR count). The van der Waals surface area contributed by atoms with Crippen molar-refractivity contribution in [2.75, 3.05) is 31.9 Å². The Hall–Kier alpha value is -0.960. The molecule has 26 heavy (non-hydrogen) atoms. The topological polar surface area (TPSA) is 56.7 Å². The number of fused-ring (bicyclic) bond motifs is 1. The lowest BCUT2D eigenvalue weighted by atomic mass is 10.00. The maximum absolute atomic E-state index is 12.5. The lowest BCUT2D eigenvalue weighted by Crippen LogP contribution is -2.42. The Labute approximate surface area is 177 Å². The number of carbonyl (C=O) groups is 1. The largest absolute Gasteiger partial charge is 0.357 e. The molecular weight excluding hydrogens is 459 g/mol. The molecule has 1 aromatic carbocycles. The average Bonchev–Trinajstić information content (AvgIpc) is 3.17. The zero-order valence-corrected chi connectivity index (χ0v) is 18.5. The molecule has 1 fully saturated rings. The SMILES string of the molecule is CCNC(=NCC(=O)N1CCc2ccccc2C1)NCC1CCCS1.I. The first kappa shape index (κ1) is 21.3. The molecule has 2 aliphatic rings. The molecular formula is C19H29IN4OS. The highest BCUT2D eigenvalue weighted by Gasteiger charge is 2.20. The second-order valence-corrected chi connectivity index (χ2v) is 7.95. The number of aliphatic imine (C=N–C) groups is 1. The average molecular weight is 488 g/mol. The minimum absolute atomic E-state index is 0. The number of hydrogen-bond acceptors (Lipinski definition) is 3. The van der Waals surface area contributed by atoms with Crippen LogP contribution in [0.4, 0.5) is 0 Å². The first-order valence-corrected chi connectivity index (χ1v) is 10.3. The third kappa shape index (κ3) is 6.04. The van der Waals surface area contributed by atoms with Gasteiger partial charge in [-0.2, -0.15) is 11.8 Å². The molecule has 2 aliphatic heterocycles. The Morgan fingerprint density at radius 3 is 2.85 bits per heavy atom. The molecule has 2 N–H and O–H groups in total. The zero-order chi connectivity index (χ0) is 17.5. The molecule has 5 nitrogen and oxygen atoms in total. The van der Waals surface area contributed by atoms with E-state index in [9.17, 15) is 4.79 Å². The number of nitrogens with one attached hydrogen (secondary N) is 2. The monoisotopic (exact) mass is 488 g/mol. The number of benzene rings is 1. The maximum Gasteiger partial charge on any atom is 0.244 e. The van der Waals surface area contributed by atoms with Crippen molar-refractivity contribution >= 4 is 47.6 Å². The molecule has 0 radical (unpaired) electrons. The Morgan fingerprint density at radius 2 is 2.12 bits per heavy atom. The number of amides is 1. The number of hydrogen-bond donors (Lipinski definition) is 2. The van der Waals surface area contributed by atoms with Gasteiger partial charge in [0, 0.05) is 31.4 Å². The van der Waals surface area contributed by atoms with Crippen LogP contribution in [0.2, 0.25) is 0 Å². The summed E-state index contributed by atoms with van der Waals surface area (Å²) in [6.07, 6.45) is 3.51. The van der Waals surface area contributed by atoms with E-state index in [1.165, 1.54) is 29.7 Å². The standard InChI is InChI=1S/C19H28N4OS.HI/c1-2-20-19(21-12-17-8-5-11-25-17)22-13-18(24)23-10-9-15-6-3-4-7-16(15)14-23;/h3-4,6-7,17H,2,5,8-14H2,1H3,(H2,20,21,22);1H. The van der Waals surface area contributed by atoms with Gasteiger partial charge in [0.05, 0.1) is 0 Å². The molecule has 1 atom stereocenters. The number of rotatable bonds is 5. The summed E-state index contributed by atoms with van der Waals surface area (Å²) in [5, 5.41) is 7.29. The molecule has 7 heteroatoms. The van der Waals surface area contributed by atoms with Gasteiger partial charge in [-0.05, 0) is 43.1 Å². The van der Waals surface area contributed by atoms with E-state index >= 15 is 0 Å². The highest BCUT2D eigenvalue weighted by Crippen LogP contribution is 2.25. The van der Waals surface area contributed by atoms with Crippen LogP contribution in [0.15, 0.2) is 29.3 Å². The predicted molar refractivity (Wildman–Crippen MR) is 120 cm³/mol. The molecule has 1 amide bonds. The highest BCUT2D eigenvalue weighted by atomic mass is 127. The number of thioether (sulfide) groups is 1. The van der Waals surface area contributed by atoms with E-state index in [-0.39, 0.29) is 36.4 Å². The second-order valence-electron chi connectivity index (χ2n) is 6.55. The Bertz CT molecular complexity index is 619. The minimum Gasteiger partial charge on any atom is -0.357 e. The van der Waals surface area contributed by atoms with E-state index in [1.54, 1.807) is 0 Å². The summed E-state index contributed by atoms with van der Waals surface area (Å²) in [7, 11) is 0. The smallest absolute Gasteiger partial charge is 0.244 e. The maximum atomic E-state index is 12.5. The van der Waals surface area contributed by atoms with E-state index in [4.69, 9.17) is 0 Å². The van der Waals surface area contributed by atoms with Crippen molar-refractivity contribution in [3.05, 3.63) is 35.4 Å². The minimum atomic E-state index is 0. The summed E-state index contributed by atoms with van der Waals surface area (Å²) < 4.78 is 0. The van der Waals surface area contributed by atoms with Crippen molar-refractivity contribution in [3.63, 3.8) is 0 Å². The summed E-state index contributed by atoms with van der Waals surface area (Å²) in [4.78, 5) is 19.0. The molecule has 0 spiro atoms. The van der Waals surface area contributed by atoms with Crippen molar-refractivity contribution in [3.8, 4) is 0 Å². The van der Waals surface area contributed by atoms with Gasteiger partial charge in [-0.15, -0.1) is 24.0 Å². The van der Waals surface area contributed by atoms with Crippen LogP contribution >= 0.6 is 35.7 Å². The summed E-state index contributed by atoms with van der Waals surface area (Å²) >= 11 is 2.02. The Balaban J connectivity index is 0.00000243. The van der Waals surface area contributed by atoms with Gasteiger partial charge in [0.2, 0.25) is 5.91 Å². The third-order valence-electron chi connectivity index (χ3n) is 4.72. The molecule has 0 saturated carbocycles. The van der Waals surface area contributed by atoms with Crippen molar-refractivity contribution < 1.29 is 4.79 Å². The van der Waals surface area contributed by atoms with Gasteiger partial charge in [0.25, 0.3) is 0 Å². The van der Waals surface area contributed by atoms with Crippen LogP contribution < -0.4 is 10.6 Å². The molecule has 0 bridgehead atoms. The van der Waals surface area contributed by atoms with Gasteiger partial charge in [-0.25, -0.2) is 4.99 Å². The van der Waals surface area contributed by atoms with Crippen LogP contribution in [0.3, 0.4) is 0 Å². The summed E-state index contributed by atoms with van der Waals surface area (Å²) in [6, 6.07) is 8.38. The van der Waals surface area contributed by atoms with Crippen molar-refractivity contribution in [1.29, 1.82) is 0 Å². The molecule has 144 valence electrons. The summed E-state index contributed by atoms with van der Waals surface area (Å²) in [6.45, 7) is 5.46. The molecule has 0 aromatic heterocycles. The fourth-order valence-corrected chi connectivity index (χ4v) is 4.51. The van der Waals surface area contributed by atoms with Crippen molar-refractivity contribution in [2.45, 2.75) is 38.0 Å². The van der Waals surface area contributed by atoms with Gasteiger partial charge in [0.15, 0.2) is 5.96 Å². The Morgan fingerprint density at radius 1 is 1.31 bits per heavy atom. The first-order valence-electron chi connectivity index (χ1n) is 9.24. The lowest BCUT2D eigenvalue weighted by molar-refractivity contribution is -0.130. The van der Waals surface area contributed by atoms with Crippen LogP contribution in [0, 0.1) is 0 Å². The third-order valence-corrected chi connectivity index (χ3v) is 6.12. The summed E-state index contributed by atoms with van der Waals surface area (Å²) in [5.41, 5.74) is 2.62. The van der Waals surface area contributed by atoms with Crippen LogP contribution in [0.5, 0.6) is 0 Å². The van der Waals surface area contributed by atoms with E-state index in [0.29, 0.717) is 11.8 Å². The molecule has 1 unspecified atom stereocenters. The fraction of sp³-hybridized carbons (Fsp3) is 0.579. The molecule has 0 aliphatic carbocycles. The van der Waals surface area contributed by atoms with Gasteiger partial charge >= 0.3 is 0 Å². The van der Waals surface area contributed by atoms with Crippen LogP contribution in [0.1, 0.15) is 30.9 Å². The summed E-state index contributed by atoms with van der Waals surface area (Å²) in [5.74, 6) is 2.11. The van der Waals surface area contributed by atoms with E-state index in [0.717, 1.165) is 32.0 Å². The van der Waals surface area contributed by atoms with Gasteiger partial charge < -0.3 is 15.5 Å². The number of carbonyl (C=O) groups excluding carboxylic acids is 1. The quantitative estimate of drug-likeness (QED) is 0.380. The van der Waals surface area contributed by atoms with Crippen LogP contribution in [0.25, 0.3) is 0 Å². The van der Waals surface area contributed by atoms with Crippen molar-refractivity contribution in [2.24, 2.45) is 4.99 Å². The lowest BCUT2D eigenvalue weighted by Gasteiger charge is -2.28. The Kier molecular flexibility index (Phi) is 9.04. The number of nitrogens with zero attached hydrogens (tertiary/aromatic N) is 2.